The Kier molecular flexibility index (Phi) is 5.10. The van der Waals surface area contributed by atoms with Crippen LogP contribution in [0.15, 0.2) is 0 Å². The van der Waals surface area contributed by atoms with Crippen LogP contribution < -0.4 is 5.32 Å². The number of anilines is 1. The van der Waals surface area contributed by atoms with Crippen LogP contribution in [0.2, 0.25) is 0 Å². The molecule has 0 spiro atoms. The van der Waals surface area contributed by atoms with Crippen LogP contribution in [0, 0.1) is 24.3 Å². The number of carbonyl (C=O) groups is 1. The van der Waals surface area contributed by atoms with Crippen molar-refractivity contribution >= 4 is 22.4 Å². The number of nitriles is 1. The summed E-state index contributed by atoms with van der Waals surface area (Å²) in [5.41, 5.74) is 0.974. The highest BCUT2D eigenvalue weighted by Crippen LogP contribution is 2.26. The highest BCUT2D eigenvalue weighted by Gasteiger charge is 2.28. The molecular weight excluding hydrogens is 314 g/mol. The number of likely N-dealkylation sites (tertiary alicyclic amines) is 1. The summed E-state index contributed by atoms with van der Waals surface area (Å²) < 4.78 is 5.36. The average Bonchev–Trinajstić information content (AvgIpc) is 3.16. The molecule has 23 heavy (non-hydrogen) atoms. The van der Waals surface area contributed by atoms with E-state index in [1.54, 1.807) is 16.2 Å². The van der Waals surface area contributed by atoms with Crippen LogP contribution in [0.4, 0.5) is 5.13 Å². The van der Waals surface area contributed by atoms with Crippen molar-refractivity contribution in [3.05, 3.63) is 10.6 Å². The van der Waals surface area contributed by atoms with Gasteiger partial charge in [-0.1, -0.05) is 0 Å². The van der Waals surface area contributed by atoms with Crippen molar-refractivity contribution < 1.29 is 9.53 Å². The van der Waals surface area contributed by atoms with Crippen LogP contribution in [0.1, 0.15) is 17.0 Å². The molecule has 3 heterocycles. The Labute approximate surface area is 139 Å². The Morgan fingerprint density at radius 3 is 2.96 bits per heavy atom. The van der Waals surface area contributed by atoms with E-state index in [9.17, 15) is 4.79 Å². The largest absolute Gasteiger partial charge is 0.379 e. The fourth-order valence-electron chi connectivity index (χ4n) is 2.86. The molecule has 2 aliphatic heterocycles. The number of amides is 1. The van der Waals surface area contributed by atoms with Gasteiger partial charge in [0.1, 0.15) is 0 Å². The van der Waals surface area contributed by atoms with Gasteiger partial charge in [0, 0.05) is 37.6 Å². The lowest BCUT2D eigenvalue weighted by Gasteiger charge is -2.25. The third kappa shape index (κ3) is 3.99. The number of nitrogens with one attached hydrogen (secondary N) is 1. The summed E-state index contributed by atoms with van der Waals surface area (Å²) in [6, 6.07) is 0. The standard InChI is InChI=1S/C15H21N5O2S/c1-11-13(9-19-4-6-22-7-5-19)23-15(17-11)18-14(21)12-2-3-20(8-12)10-16/h12H,2-9H2,1H3,(H,17,18,21)/t12-/m0/s1. The number of morpholine rings is 1. The van der Waals surface area contributed by atoms with Crippen LogP contribution >= 0.6 is 11.3 Å². The molecule has 1 aromatic heterocycles. The van der Waals surface area contributed by atoms with Crippen molar-refractivity contribution in [2.24, 2.45) is 5.92 Å². The molecule has 0 aliphatic carbocycles. The van der Waals surface area contributed by atoms with E-state index in [1.165, 1.54) is 4.88 Å². The normalized spacial score (nSPS) is 22.1. The molecule has 0 unspecified atom stereocenters. The zero-order valence-electron chi connectivity index (χ0n) is 13.2. The average molecular weight is 335 g/mol. The lowest BCUT2D eigenvalue weighted by molar-refractivity contribution is -0.119. The second kappa shape index (κ2) is 7.25. The first-order valence-corrected chi connectivity index (χ1v) is 8.69. The first-order valence-electron chi connectivity index (χ1n) is 7.87. The Morgan fingerprint density at radius 2 is 2.26 bits per heavy atom. The van der Waals surface area contributed by atoms with Gasteiger partial charge in [0.2, 0.25) is 5.91 Å². The molecule has 124 valence electrons. The number of carbonyl (C=O) groups excluding carboxylic acids is 1. The fourth-order valence-corrected chi connectivity index (χ4v) is 3.87. The Balaban J connectivity index is 1.57. The van der Waals surface area contributed by atoms with Crippen LogP contribution in [-0.2, 0) is 16.1 Å². The summed E-state index contributed by atoms with van der Waals surface area (Å²) in [6.45, 7) is 7.43. The predicted octanol–water partition coefficient (Wildman–Crippen LogP) is 1.03. The second-order valence-electron chi connectivity index (χ2n) is 5.94. The molecule has 1 aromatic rings. The van der Waals surface area contributed by atoms with Gasteiger partial charge in [0.25, 0.3) is 0 Å². The van der Waals surface area contributed by atoms with Crippen molar-refractivity contribution in [3.63, 3.8) is 0 Å². The molecule has 0 saturated carbocycles. The van der Waals surface area contributed by atoms with Crippen molar-refractivity contribution in [2.45, 2.75) is 19.9 Å². The Morgan fingerprint density at radius 1 is 1.48 bits per heavy atom. The van der Waals surface area contributed by atoms with Crippen LogP contribution in [-0.4, -0.2) is 60.1 Å². The van der Waals surface area contributed by atoms with Crippen molar-refractivity contribution in [2.75, 3.05) is 44.7 Å². The van der Waals surface area contributed by atoms with Crippen LogP contribution in [0.25, 0.3) is 0 Å². The summed E-state index contributed by atoms with van der Waals surface area (Å²) in [5.74, 6) is -0.157. The number of rotatable bonds is 4. The summed E-state index contributed by atoms with van der Waals surface area (Å²) in [4.78, 5) is 21.9. The van der Waals surface area contributed by atoms with E-state index in [1.807, 2.05) is 6.92 Å². The number of aryl methyl sites for hydroxylation is 1. The van der Waals surface area contributed by atoms with E-state index < -0.39 is 0 Å². The molecule has 1 N–H and O–H groups in total. The highest BCUT2D eigenvalue weighted by molar-refractivity contribution is 7.15. The maximum Gasteiger partial charge on any atom is 0.231 e. The Hall–Kier alpha value is -1.69. The van der Waals surface area contributed by atoms with E-state index in [-0.39, 0.29) is 11.8 Å². The molecule has 8 heteroatoms. The third-order valence-electron chi connectivity index (χ3n) is 4.29. The number of aromatic nitrogens is 1. The minimum atomic E-state index is -0.124. The van der Waals surface area contributed by atoms with Crippen LogP contribution in [0.3, 0.4) is 0 Å². The van der Waals surface area contributed by atoms with Gasteiger partial charge in [-0.05, 0) is 13.3 Å². The van der Waals surface area contributed by atoms with Crippen LogP contribution in [0.5, 0.6) is 0 Å². The molecular formula is C15H21N5O2S. The number of nitrogens with zero attached hydrogens (tertiary/aromatic N) is 4. The molecule has 0 aromatic carbocycles. The summed E-state index contributed by atoms with van der Waals surface area (Å²) in [7, 11) is 0. The van der Waals surface area contributed by atoms with Gasteiger partial charge in [-0.2, -0.15) is 5.26 Å². The third-order valence-corrected chi connectivity index (χ3v) is 5.35. The van der Waals surface area contributed by atoms with Crippen molar-refractivity contribution in [3.8, 4) is 6.19 Å². The first kappa shape index (κ1) is 16.2. The number of hydrogen-bond acceptors (Lipinski definition) is 7. The summed E-state index contributed by atoms with van der Waals surface area (Å²) in [6.07, 6.45) is 2.82. The molecule has 2 fully saturated rings. The molecule has 3 rings (SSSR count). The smallest absolute Gasteiger partial charge is 0.231 e. The summed E-state index contributed by atoms with van der Waals surface area (Å²) in [5, 5.41) is 12.4. The van der Waals surface area contributed by atoms with E-state index in [4.69, 9.17) is 10.00 Å². The van der Waals surface area contributed by atoms with Gasteiger partial charge in [0.05, 0.1) is 24.8 Å². The van der Waals surface area contributed by atoms with E-state index in [0.29, 0.717) is 18.2 Å². The fraction of sp³-hybridized carbons (Fsp3) is 0.667. The van der Waals surface area contributed by atoms with Gasteiger partial charge in [-0.15, -0.1) is 11.3 Å². The monoisotopic (exact) mass is 335 g/mol. The molecule has 2 saturated heterocycles. The molecule has 1 atom stereocenters. The van der Waals surface area contributed by atoms with Gasteiger partial charge in [-0.25, -0.2) is 4.98 Å². The summed E-state index contributed by atoms with van der Waals surface area (Å²) >= 11 is 1.54. The topological polar surface area (TPSA) is 81.5 Å². The van der Waals surface area contributed by atoms with Gasteiger partial charge >= 0.3 is 0 Å². The predicted molar refractivity (Wildman–Crippen MR) is 86.9 cm³/mol. The van der Waals surface area contributed by atoms with E-state index in [2.05, 4.69) is 21.4 Å². The second-order valence-corrected chi connectivity index (χ2v) is 7.02. The quantitative estimate of drug-likeness (QED) is 0.828. The van der Waals surface area contributed by atoms with Gasteiger partial charge < -0.3 is 15.0 Å². The van der Waals surface area contributed by atoms with Gasteiger partial charge in [0.15, 0.2) is 11.3 Å². The SMILES string of the molecule is Cc1nc(NC(=O)[C@H]2CCN(C#N)C2)sc1CN1CCOCC1. The lowest BCUT2D eigenvalue weighted by atomic mass is 10.1. The maximum absolute atomic E-state index is 12.3. The van der Waals surface area contributed by atoms with Crippen molar-refractivity contribution in [1.29, 1.82) is 5.26 Å². The number of hydrogen-bond donors (Lipinski definition) is 1. The Bertz CT molecular complexity index is 605. The van der Waals surface area contributed by atoms with Gasteiger partial charge in [-0.3, -0.25) is 9.69 Å². The maximum atomic E-state index is 12.3. The van der Waals surface area contributed by atoms with E-state index >= 15 is 0 Å². The zero-order chi connectivity index (χ0) is 16.2. The highest BCUT2D eigenvalue weighted by atomic mass is 32.1. The molecule has 7 nitrogen and oxygen atoms in total. The molecule has 0 radical (unpaired) electrons. The molecule has 0 bridgehead atoms. The lowest BCUT2D eigenvalue weighted by Crippen LogP contribution is -2.35. The number of thiazole rings is 1. The van der Waals surface area contributed by atoms with Crippen molar-refractivity contribution in [1.82, 2.24) is 14.8 Å². The van der Waals surface area contributed by atoms with E-state index in [0.717, 1.165) is 45.0 Å². The first-order chi connectivity index (χ1) is 11.2. The molecule has 2 aliphatic rings. The zero-order valence-corrected chi connectivity index (χ0v) is 14.1. The minimum absolute atomic E-state index is 0.0329. The molecule has 1 amide bonds. The minimum Gasteiger partial charge on any atom is -0.379 e. The number of ether oxygens (including phenoxy) is 1.